The Labute approximate surface area is 207 Å². The van der Waals surface area contributed by atoms with Gasteiger partial charge in [-0.25, -0.2) is 4.39 Å². The number of benzene rings is 2. The van der Waals surface area contributed by atoms with E-state index in [9.17, 15) is 9.18 Å². The van der Waals surface area contributed by atoms with Crippen molar-refractivity contribution in [3.63, 3.8) is 0 Å². The number of hydrogen-bond acceptors (Lipinski definition) is 4. The van der Waals surface area contributed by atoms with Crippen molar-refractivity contribution < 1.29 is 13.9 Å². The molecule has 1 aliphatic rings. The van der Waals surface area contributed by atoms with Crippen molar-refractivity contribution in [2.24, 2.45) is 10.9 Å². The van der Waals surface area contributed by atoms with E-state index < -0.39 is 0 Å². The number of amidine groups is 1. The highest BCUT2D eigenvalue weighted by Crippen LogP contribution is 2.23. The molecule has 7 heteroatoms. The van der Waals surface area contributed by atoms with Crippen molar-refractivity contribution in [2.75, 3.05) is 33.0 Å². The molecule has 34 heavy (non-hydrogen) atoms. The summed E-state index contributed by atoms with van der Waals surface area (Å²) in [5.41, 5.74) is 1.92. The van der Waals surface area contributed by atoms with Gasteiger partial charge in [0.2, 0.25) is 0 Å². The molecule has 2 aromatic rings. The van der Waals surface area contributed by atoms with Crippen LogP contribution in [0.15, 0.2) is 53.5 Å². The fourth-order valence-electron chi connectivity index (χ4n) is 3.96. The second-order valence-corrected chi connectivity index (χ2v) is 10.1. The van der Waals surface area contributed by atoms with Crippen LogP contribution < -0.4 is 4.74 Å². The molecular weight excluding hydrogens is 449 g/mol. The fourth-order valence-corrected chi connectivity index (χ4v) is 4.60. The first-order valence-electron chi connectivity index (χ1n) is 11.9. The van der Waals surface area contributed by atoms with E-state index in [0.717, 1.165) is 48.0 Å². The summed E-state index contributed by atoms with van der Waals surface area (Å²) in [5.74, 6) is 0.857. The van der Waals surface area contributed by atoms with Crippen LogP contribution in [0.25, 0.3) is 0 Å². The predicted octanol–water partition coefficient (Wildman–Crippen LogP) is 5.25. The number of carbonyl (C=O) groups excluding carboxylic acids is 1. The number of amides is 1. The van der Waals surface area contributed by atoms with E-state index in [1.807, 2.05) is 30.5 Å². The Morgan fingerprint density at radius 2 is 1.74 bits per heavy atom. The van der Waals surface area contributed by atoms with Gasteiger partial charge in [0.05, 0.1) is 13.0 Å². The highest BCUT2D eigenvalue weighted by molar-refractivity contribution is 8.13. The number of halogens is 1. The van der Waals surface area contributed by atoms with Gasteiger partial charge in [0.1, 0.15) is 11.6 Å². The van der Waals surface area contributed by atoms with Crippen LogP contribution in [-0.4, -0.2) is 59.9 Å². The van der Waals surface area contributed by atoms with Crippen LogP contribution in [0.3, 0.4) is 0 Å². The lowest BCUT2D eigenvalue weighted by Crippen LogP contribution is -2.45. The molecule has 0 bridgehead atoms. The van der Waals surface area contributed by atoms with Gasteiger partial charge >= 0.3 is 0 Å². The topological polar surface area (TPSA) is 45.1 Å². The molecular formula is C27H36FN3O2S. The standard InChI is InChI=1S/C27H36FN3O2S/c1-20(2)19-33-25-11-7-21(8-12-25)17-26(32)29-27(34-4)31(24-13-15-30(3)16-14-24)18-22-5-9-23(28)10-6-22/h5-12,20,24H,13-19H2,1-4H3. The largest absolute Gasteiger partial charge is 0.493 e. The second kappa shape index (κ2) is 12.9. The van der Waals surface area contributed by atoms with Crippen molar-refractivity contribution in [1.82, 2.24) is 9.80 Å². The van der Waals surface area contributed by atoms with Crippen molar-refractivity contribution >= 4 is 22.8 Å². The number of piperidine rings is 1. The summed E-state index contributed by atoms with van der Waals surface area (Å²) in [7, 11) is 2.13. The van der Waals surface area contributed by atoms with Crippen LogP contribution >= 0.6 is 11.8 Å². The van der Waals surface area contributed by atoms with E-state index in [4.69, 9.17) is 4.74 Å². The fraction of sp³-hybridized carbons (Fsp3) is 0.481. The zero-order chi connectivity index (χ0) is 24.5. The lowest BCUT2D eigenvalue weighted by Gasteiger charge is -2.38. The number of likely N-dealkylation sites (tertiary alicyclic amines) is 1. The Morgan fingerprint density at radius 1 is 1.12 bits per heavy atom. The molecule has 0 atom stereocenters. The molecule has 0 N–H and O–H groups in total. The summed E-state index contributed by atoms with van der Waals surface area (Å²) < 4.78 is 19.2. The molecule has 0 spiro atoms. The smallest absolute Gasteiger partial charge is 0.252 e. The molecule has 1 amide bonds. The first-order chi connectivity index (χ1) is 16.3. The van der Waals surface area contributed by atoms with Gasteiger partial charge in [-0.15, -0.1) is 0 Å². The van der Waals surface area contributed by atoms with Gasteiger partial charge in [0.15, 0.2) is 5.17 Å². The van der Waals surface area contributed by atoms with E-state index >= 15 is 0 Å². The van der Waals surface area contributed by atoms with E-state index in [1.165, 1.54) is 23.9 Å². The van der Waals surface area contributed by atoms with Gasteiger partial charge in [-0.05, 0) is 80.5 Å². The molecule has 0 unspecified atom stereocenters. The van der Waals surface area contributed by atoms with E-state index in [-0.39, 0.29) is 24.2 Å². The van der Waals surface area contributed by atoms with Crippen LogP contribution in [0.2, 0.25) is 0 Å². The molecule has 184 valence electrons. The van der Waals surface area contributed by atoms with Gasteiger partial charge in [-0.3, -0.25) is 4.79 Å². The van der Waals surface area contributed by atoms with Gasteiger partial charge in [-0.2, -0.15) is 4.99 Å². The Morgan fingerprint density at radius 3 is 2.32 bits per heavy atom. The van der Waals surface area contributed by atoms with Crippen LogP contribution in [-0.2, 0) is 17.8 Å². The monoisotopic (exact) mass is 485 g/mol. The highest BCUT2D eigenvalue weighted by atomic mass is 32.2. The Kier molecular flexibility index (Phi) is 9.96. The van der Waals surface area contributed by atoms with Crippen LogP contribution in [0.1, 0.15) is 37.8 Å². The third kappa shape index (κ3) is 8.13. The third-order valence-corrected chi connectivity index (χ3v) is 6.60. The van der Waals surface area contributed by atoms with Crippen molar-refractivity contribution in [2.45, 2.75) is 45.7 Å². The summed E-state index contributed by atoms with van der Waals surface area (Å²) in [5, 5.41) is 0.723. The number of hydrogen-bond donors (Lipinski definition) is 0. The lowest BCUT2D eigenvalue weighted by atomic mass is 10.0. The molecule has 1 heterocycles. The maximum absolute atomic E-state index is 13.4. The molecule has 5 nitrogen and oxygen atoms in total. The van der Waals surface area contributed by atoms with E-state index in [0.29, 0.717) is 19.1 Å². The maximum Gasteiger partial charge on any atom is 0.252 e. The lowest BCUT2D eigenvalue weighted by molar-refractivity contribution is -0.117. The Bertz CT molecular complexity index is 939. The molecule has 0 aromatic heterocycles. The minimum atomic E-state index is -0.246. The predicted molar refractivity (Wildman–Crippen MR) is 139 cm³/mol. The number of aliphatic imine (C=N–C) groups is 1. The normalized spacial score (nSPS) is 15.5. The first-order valence-corrected chi connectivity index (χ1v) is 13.1. The van der Waals surface area contributed by atoms with Crippen LogP contribution in [0.4, 0.5) is 4.39 Å². The van der Waals surface area contributed by atoms with E-state index in [1.54, 1.807) is 12.1 Å². The summed E-state index contributed by atoms with van der Waals surface area (Å²) in [6, 6.07) is 14.5. The molecule has 0 saturated carbocycles. The maximum atomic E-state index is 13.4. The van der Waals surface area contributed by atoms with Gasteiger partial charge in [0.25, 0.3) is 5.91 Å². The number of thioether (sulfide) groups is 1. The average Bonchev–Trinajstić information content (AvgIpc) is 2.82. The van der Waals surface area contributed by atoms with E-state index in [2.05, 4.69) is 35.7 Å². The molecule has 1 aliphatic heterocycles. The second-order valence-electron chi connectivity index (χ2n) is 9.31. The first kappa shape index (κ1) is 26.2. The van der Waals surface area contributed by atoms with Crippen molar-refractivity contribution in [1.29, 1.82) is 0 Å². The number of carbonyl (C=O) groups is 1. The zero-order valence-corrected chi connectivity index (χ0v) is 21.5. The number of ether oxygens (including phenoxy) is 1. The Balaban J connectivity index is 1.73. The summed E-state index contributed by atoms with van der Waals surface area (Å²) in [4.78, 5) is 22.0. The number of rotatable bonds is 8. The van der Waals surface area contributed by atoms with Gasteiger partial charge in [-0.1, -0.05) is 49.9 Å². The van der Waals surface area contributed by atoms with Crippen LogP contribution in [0.5, 0.6) is 5.75 Å². The summed E-state index contributed by atoms with van der Waals surface area (Å²) in [6.45, 7) is 7.50. The molecule has 2 aromatic carbocycles. The summed E-state index contributed by atoms with van der Waals surface area (Å²) in [6.07, 6.45) is 4.21. The minimum Gasteiger partial charge on any atom is -0.493 e. The quantitative estimate of drug-likeness (QED) is 0.378. The minimum absolute atomic E-state index is 0.169. The third-order valence-electron chi connectivity index (χ3n) is 5.91. The van der Waals surface area contributed by atoms with Gasteiger partial charge in [0, 0.05) is 12.6 Å². The SMILES string of the molecule is CSC(=NC(=O)Cc1ccc(OCC(C)C)cc1)N(Cc1ccc(F)cc1)C1CCN(C)CC1. The Hall–Kier alpha value is -2.38. The number of nitrogens with zero attached hydrogens (tertiary/aromatic N) is 3. The highest BCUT2D eigenvalue weighted by Gasteiger charge is 2.26. The van der Waals surface area contributed by atoms with Crippen molar-refractivity contribution in [3.05, 3.63) is 65.5 Å². The molecule has 0 radical (unpaired) electrons. The van der Waals surface area contributed by atoms with Gasteiger partial charge < -0.3 is 14.5 Å². The molecule has 1 fully saturated rings. The molecule has 0 aliphatic carbocycles. The summed E-state index contributed by atoms with van der Waals surface area (Å²) >= 11 is 1.49. The van der Waals surface area contributed by atoms with Crippen molar-refractivity contribution in [3.8, 4) is 5.75 Å². The van der Waals surface area contributed by atoms with Crippen LogP contribution in [0, 0.1) is 11.7 Å². The zero-order valence-electron chi connectivity index (χ0n) is 20.7. The average molecular weight is 486 g/mol. The molecule has 1 saturated heterocycles. The molecule has 3 rings (SSSR count).